The van der Waals surface area contributed by atoms with Gasteiger partial charge in [-0.1, -0.05) is 26.3 Å². The number of nitrogens with one attached hydrogen (secondary N) is 1. The maximum absolute atomic E-state index is 14.5. The van der Waals surface area contributed by atoms with Gasteiger partial charge in [0.2, 0.25) is 5.91 Å². The molecular weight excluding hydrogens is 573 g/mol. The largest absolute Gasteiger partial charge is 0.461 e. The highest BCUT2D eigenvalue weighted by molar-refractivity contribution is 6.06. The topological polar surface area (TPSA) is 155 Å². The number of hydrogen-bond acceptors (Lipinski definition) is 7. The minimum Gasteiger partial charge on any atom is -0.461 e. The lowest BCUT2D eigenvalue weighted by Gasteiger charge is -2.36. The van der Waals surface area contributed by atoms with Crippen LogP contribution in [0.15, 0.2) is 36.4 Å². The lowest BCUT2D eigenvalue weighted by Crippen LogP contribution is -2.37. The molecule has 0 spiro atoms. The third kappa shape index (κ3) is 6.77. The van der Waals surface area contributed by atoms with Gasteiger partial charge < -0.3 is 27.3 Å². The number of carbonyl (C=O) groups is 3. The molecule has 45 heavy (non-hydrogen) atoms. The van der Waals surface area contributed by atoms with Crippen molar-refractivity contribution < 1.29 is 23.5 Å². The molecule has 2 aromatic carbocycles. The number of anilines is 1. The summed E-state index contributed by atoms with van der Waals surface area (Å²) in [4.78, 5) is 38.5. The highest BCUT2D eigenvalue weighted by atomic mass is 19.1. The van der Waals surface area contributed by atoms with Gasteiger partial charge in [0, 0.05) is 34.8 Å². The van der Waals surface area contributed by atoms with E-state index in [1.165, 1.54) is 12.1 Å². The molecule has 1 aliphatic carbocycles. The number of hydrogen-bond donors (Lipinski definition) is 4. The van der Waals surface area contributed by atoms with E-state index in [1.807, 2.05) is 12.1 Å². The monoisotopic (exact) mass is 619 g/mol. The Hall–Kier alpha value is -3.76. The van der Waals surface area contributed by atoms with E-state index in [9.17, 15) is 18.8 Å². The van der Waals surface area contributed by atoms with Gasteiger partial charge in [0.15, 0.2) is 0 Å². The molecule has 7 N–H and O–H groups in total. The molecule has 1 aromatic heterocycles. The van der Waals surface area contributed by atoms with Gasteiger partial charge in [-0.2, -0.15) is 0 Å². The van der Waals surface area contributed by atoms with Crippen LogP contribution < -0.4 is 22.5 Å². The van der Waals surface area contributed by atoms with Crippen LogP contribution in [0, 0.1) is 11.2 Å². The zero-order valence-corrected chi connectivity index (χ0v) is 26.4. The van der Waals surface area contributed by atoms with Gasteiger partial charge in [0.1, 0.15) is 18.0 Å². The Balaban J connectivity index is 1.41. The summed E-state index contributed by atoms with van der Waals surface area (Å²) < 4.78 is 21.9. The van der Waals surface area contributed by atoms with Crippen LogP contribution in [0.25, 0.3) is 22.0 Å². The van der Waals surface area contributed by atoms with Gasteiger partial charge in [-0.3, -0.25) is 19.0 Å². The summed E-state index contributed by atoms with van der Waals surface area (Å²) in [7, 11) is 0. The van der Waals surface area contributed by atoms with Gasteiger partial charge >= 0.3 is 5.97 Å². The maximum Gasteiger partial charge on any atom is 0.323 e. The van der Waals surface area contributed by atoms with Crippen molar-refractivity contribution in [3.05, 3.63) is 53.5 Å². The van der Waals surface area contributed by atoms with Crippen LogP contribution >= 0.6 is 0 Å². The number of carbonyl (C=O) groups excluding carboxylic acids is 3. The number of amides is 1. The second-order valence-electron chi connectivity index (χ2n) is 12.8. The summed E-state index contributed by atoms with van der Waals surface area (Å²) >= 11 is 0. The molecule has 3 aromatic rings. The molecule has 1 aliphatic heterocycles. The van der Waals surface area contributed by atoms with Gasteiger partial charge in [-0.05, 0) is 106 Å². The Morgan fingerprint density at radius 3 is 2.47 bits per heavy atom. The van der Waals surface area contributed by atoms with Crippen LogP contribution in [0.5, 0.6) is 0 Å². The standard InChI is InChI=1S/C35H46FN5O4/c1-3-35(4-2)19-30-32(26-15-9-22(36)18-29(26)41(30)31(42)20-35)21-8-14-25(33(39)43)28(17-21)40-23-10-12-24(13-11-23)45-34(44)27(38)7-5-6-16-37/h8-9,14-15,17-18,23-24,27,40H,3-7,10-13,16,19-20,37-38H2,1-2H3,(H2,39,43)/t23-,24-,27-/m0/s1. The van der Waals surface area contributed by atoms with E-state index < -0.39 is 17.8 Å². The minimum atomic E-state index is -0.643. The Morgan fingerprint density at radius 2 is 1.80 bits per heavy atom. The van der Waals surface area contributed by atoms with Crippen LogP contribution in [0.3, 0.4) is 0 Å². The number of nitrogens with two attached hydrogens (primary N) is 3. The number of halogens is 1. The maximum atomic E-state index is 14.5. The Labute approximate surface area is 264 Å². The molecule has 1 fully saturated rings. The van der Waals surface area contributed by atoms with Crippen molar-refractivity contribution in [2.24, 2.45) is 22.6 Å². The molecule has 0 unspecified atom stereocenters. The van der Waals surface area contributed by atoms with E-state index >= 15 is 0 Å². The third-order valence-electron chi connectivity index (χ3n) is 10.0. The van der Waals surface area contributed by atoms with Gasteiger partial charge in [-0.15, -0.1) is 0 Å². The van der Waals surface area contributed by atoms with Crippen LogP contribution in [0.2, 0.25) is 0 Å². The van der Waals surface area contributed by atoms with Crippen molar-refractivity contribution >= 4 is 34.4 Å². The number of benzene rings is 2. The van der Waals surface area contributed by atoms with Crippen LogP contribution in [0.1, 0.15) is 98.9 Å². The second-order valence-corrected chi connectivity index (χ2v) is 12.8. The number of nitrogens with zero attached hydrogens (tertiary/aromatic N) is 1. The molecule has 9 nitrogen and oxygen atoms in total. The summed E-state index contributed by atoms with van der Waals surface area (Å²) in [5, 5.41) is 4.33. The summed E-state index contributed by atoms with van der Waals surface area (Å²) in [5.74, 6) is -1.34. The van der Waals surface area contributed by atoms with E-state index in [0.29, 0.717) is 55.4 Å². The molecule has 0 radical (unpaired) electrons. The quantitative estimate of drug-likeness (QED) is 0.151. The minimum absolute atomic E-state index is 0.0251. The molecule has 1 saturated carbocycles. The molecular formula is C35H46FN5O4. The normalized spacial score (nSPS) is 20.1. The van der Waals surface area contributed by atoms with Crippen molar-refractivity contribution in [2.45, 2.75) is 103 Å². The molecule has 2 heterocycles. The Bertz CT molecular complexity index is 1570. The van der Waals surface area contributed by atoms with E-state index in [0.717, 1.165) is 60.7 Å². The third-order valence-corrected chi connectivity index (χ3v) is 10.0. The van der Waals surface area contributed by atoms with Crippen molar-refractivity contribution in [3.8, 4) is 11.1 Å². The average molecular weight is 620 g/mol. The summed E-state index contributed by atoms with van der Waals surface area (Å²) in [5.41, 5.74) is 21.3. The molecule has 242 valence electrons. The molecule has 2 aliphatic rings. The number of rotatable bonds is 12. The van der Waals surface area contributed by atoms with E-state index in [2.05, 4.69) is 19.2 Å². The van der Waals surface area contributed by atoms with Crippen molar-refractivity contribution in [3.63, 3.8) is 0 Å². The van der Waals surface area contributed by atoms with Crippen molar-refractivity contribution in [2.75, 3.05) is 11.9 Å². The van der Waals surface area contributed by atoms with E-state index in [4.69, 9.17) is 21.9 Å². The Morgan fingerprint density at radius 1 is 1.07 bits per heavy atom. The van der Waals surface area contributed by atoms with Crippen LogP contribution in [-0.4, -0.2) is 47.1 Å². The fourth-order valence-corrected chi connectivity index (χ4v) is 7.11. The average Bonchev–Trinajstić information content (AvgIpc) is 3.35. The first kappa shape index (κ1) is 32.6. The molecule has 1 atom stereocenters. The van der Waals surface area contributed by atoms with Gasteiger partial charge in [0.25, 0.3) is 5.91 Å². The molecule has 0 bridgehead atoms. The summed E-state index contributed by atoms with van der Waals surface area (Å²) in [6, 6.07) is 9.48. The first-order valence-electron chi connectivity index (χ1n) is 16.3. The predicted octanol–water partition coefficient (Wildman–Crippen LogP) is 5.66. The number of ether oxygens (including phenoxy) is 1. The van der Waals surface area contributed by atoms with Crippen molar-refractivity contribution in [1.82, 2.24) is 4.57 Å². The van der Waals surface area contributed by atoms with Crippen molar-refractivity contribution in [1.29, 1.82) is 0 Å². The Kier molecular flexibility index (Phi) is 9.94. The molecule has 0 saturated heterocycles. The smallest absolute Gasteiger partial charge is 0.323 e. The highest BCUT2D eigenvalue weighted by Gasteiger charge is 2.39. The van der Waals surface area contributed by atoms with E-state index in [1.54, 1.807) is 16.7 Å². The van der Waals surface area contributed by atoms with Crippen LogP contribution in [0.4, 0.5) is 10.1 Å². The summed E-state index contributed by atoms with van der Waals surface area (Å²) in [6.07, 6.45) is 7.60. The number of esters is 1. The second kappa shape index (κ2) is 13.7. The van der Waals surface area contributed by atoms with Gasteiger partial charge in [0.05, 0.1) is 11.1 Å². The molecule has 10 heteroatoms. The van der Waals surface area contributed by atoms with Gasteiger partial charge in [-0.25, -0.2) is 4.39 Å². The van der Waals surface area contributed by atoms with E-state index in [-0.39, 0.29) is 29.4 Å². The SMILES string of the molecule is CCC1(CC)CC(=O)n2c(c(-c3ccc(C(N)=O)c(N[C@H]4CC[C@H](OC(=O)[C@@H](N)CCCCN)CC4)c3)c3ccc(F)cc32)C1. The number of unbranched alkanes of at least 4 members (excludes halogenated alkanes) is 1. The first-order valence-corrected chi connectivity index (χ1v) is 16.3. The lowest BCUT2D eigenvalue weighted by atomic mass is 9.72. The highest BCUT2D eigenvalue weighted by Crippen LogP contribution is 2.46. The molecule has 5 rings (SSSR count). The first-order chi connectivity index (χ1) is 21.6. The fraction of sp³-hybridized carbons (Fsp3) is 0.514. The fourth-order valence-electron chi connectivity index (χ4n) is 7.11. The number of aromatic nitrogens is 1. The summed E-state index contributed by atoms with van der Waals surface area (Å²) in [6.45, 7) is 4.80. The number of primary amides is 1. The zero-order valence-electron chi connectivity index (χ0n) is 26.4. The molecule has 1 amide bonds. The predicted molar refractivity (Wildman–Crippen MR) is 174 cm³/mol. The lowest BCUT2D eigenvalue weighted by molar-refractivity contribution is -0.152. The van der Waals surface area contributed by atoms with Crippen LogP contribution in [-0.2, 0) is 16.0 Å². The zero-order chi connectivity index (χ0) is 32.3. The number of fused-ring (bicyclic) bond motifs is 3.